The summed E-state index contributed by atoms with van der Waals surface area (Å²) in [7, 11) is 0. The Bertz CT molecular complexity index is 329. The summed E-state index contributed by atoms with van der Waals surface area (Å²) in [5, 5.41) is 3.36. The van der Waals surface area contributed by atoms with Gasteiger partial charge in [0.25, 0.3) is 0 Å². The van der Waals surface area contributed by atoms with E-state index in [1.54, 1.807) is 0 Å². The fourth-order valence-corrected chi connectivity index (χ4v) is 2.31. The minimum absolute atomic E-state index is 0.126. The molecule has 1 unspecified atom stereocenters. The Morgan fingerprint density at radius 2 is 2.47 bits per heavy atom. The van der Waals surface area contributed by atoms with Gasteiger partial charge in [-0.1, -0.05) is 19.9 Å². The second kappa shape index (κ2) is 3.80. The Balaban J connectivity index is 2.06. The zero-order valence-electron chi connectivity index (χ0n) is 9.42. The monoisotopic (exact) mass is 206 g/mol. The zero-order valence-corrected chi connectivity index (χ0v) is 9.42. The van der Waals surface area contributed by atoms with Crippen LogP contribution in [0.1, 0.15) is 33.1 Å². The maximum Gasteiger partial charge on any atom is 0.163 e. The van der Waals surface area contributed by atoms with E-state index in [4.69, 9.17) is 0 Å². The van der Waals surface area contributed by atoms with E-state index < -0.39 is 0 Å². The molecule has 0 saturated carbocycles. The van der Waals surface area contributed by atoms with E-state index in [1.807, 2.05) is 0 Å². The van der Waals surface area contributed by atoms with Gasteiger partial charge in [0.1, 0.15) is 0 Å². The smallest absolute Gasteiger partial charge is 0.163 e. The van der Waals surface area contributed by atoms with Crippen molar-refractivity contribution in [3.8, 4) is 0 Å². The van der Waals surface area contributed by atoms with Crippen molar-refractivity contribution < 1.29 is 4.79 Å². The number of nitrogens with zero attached hydrogens (tertiary/aromatic N) is 1. The third-order valence-electron chi connectivity index (χ3n) is 3.30. The van der Waals surface area contributed by atoms with Crippen LogP contribution in [-0.4, -0.2) is 24.6 Å². The van der Waals surface area contributed by atoms with Gasteiger partial charge in [-0.15, -0.1) is 0 Å². The highest BCUT2D eigenvalue weighted by atomic mass is 16.1. The molecule has 0 aromatic heterocycles. The fourth-order valence-electron chi connectivity index (χ4n) is 2.31. The van der Waals surface area contributed by atoms with E-state index in [0.29, 0.717) is 0 Å². The van der Waals surface area contributed by atoms with E-state index >= 15 is 0 Å². The van der Waals surface area contributed by atoms with Crippen LogP contribution >= 0.6 is 0 Å². The van der Waals surface area contributed by atoms with Crippen molar-refractivity contribution in [1.29, 1.82) is 0 Å². The molecule has 0 bridgehead atoms. The highest BCUT2D eigenvalue weighted by Crippen LogP contribution is 2.37. The first-order valence-corrected chi connectivity index (χ1v) is 5.56. The highest BCUT2D eigenvalue weighted by Gasteiger charge is 2.36. The molecule has 2 heterocycles. The summed E-state index contributed by atoms with van der Waals surface area (Å²) in [4.78, 5) is 15.2. The van der Waals surface area contributed by atoms with E-state index in [-0.39, 0.29) is 11.5 Å². The zero-order chi connectivity index (χ0) is 10.9. The first-order valence-electron chi connectivity index (χ1n) is 5.56. The standard InChI is InChI=1S/C12H18N2O/c1-12(2)7-10(8-15)14-11(12)6-9-4-3-5-13-9/h4,8,11,13H,3,5-7H2,1-2H3. The highest BCUT2D eigenvalue weighted by molar-refractivity contribution is 6.29. The van der Waals surface area contributed by atoms with Crippen LogP contribution in [0.3, 0.4) is 0 Å². The van der Waals surface area contributed by atoms with Crippen LogP contribution in [0.15, 0.2) is 16.8 Å². The largest absolute Gasteiger partial charge is 0.388 e. The lowest BCUT2D eigenvalue weighted by molar-refractivity contribution is -0.102. The van der Waals surface area contributed by atoms with Gasteiger partial charge in [-0.05, 0) is 18.3 Å². The molecule has 82 valence electrons. The number of rotatable bonds is 3. The summed E-state index contributed by atoms with van der Waals surface area (Å²) >= 11 is 0. The summed E-state index contributed by atoms with van der Waals surface area (Å²) in [5.41, 5.74) is 2.15. The van der Waals surface area contributed by atoms with Crippen LogP contribution in [0.4, 0.5) is 0 Å². The lowest BCUT2D eigenvalue weighted by Crippen LogP contribution is -2.26. The van der Waals surface area contributed by atoms with Gasteiger partial charge in [-0.3, -0.25) is 9.79 Å². The molecule has 0 radical (unpaired) electrons. The molecule has 2 aliphatic heterocycles. The lowest BCUT2D eigenvalue weighted by Gasteiger charge is -2.25. The minimum atomic E-state index is 0.126. The van der Waals surface area contributed by atoms with E-state index in [2.05, 4.69) is 30.2 Å². The van der Waals surface area contributed by atoms with Crippen molar-refractivity contribution >= 4 is 12.0 Å². The van der Waals surface area contributed by atoms with Gasteiger partial charge >= 0.3 is 0 Å². The second-order valence-corrected chi connectivity index (χ2v) is 5.07. The number of nitrogens with one attached hydrogen (secondary N) is 1. The molecule has 15 heavy (non-hydrogen) atoms. The molecule has 0 aromatic carbocycles. The predicted molar refractivity (Wildman–Crippen MR) is 61.0 cm³/mol. The average Bonchev–Trinajstić information content (AvgIpc) is 2.76. The number of aldehydes is 1. The topological polar surface area (TPSA) is 41.5 Å². The van der Waals surface area contributed by atoms with Crippen molar-refractivity contribution in [3.63, 3.8) is 0 Å². The van der Waals surface area contributed by atoms with Crippen LogP contribution < -0.4 is 5.32 Å². The molecule has 2 aliphatic rings. The molecule has 3 heteroatoms. The molecule has 3 nitrogen and oxygen atoms in total. The van der Waals surface area contributed by atoms with Crippen LogP contribution in [0.5, 0.6) is 0 Å². The Hall–Kier alpha value is -1.12. The Morgan fingerprint density at radius 3 is 3.00 bits per heavy atom. The fraction of sp³-hybridized carbons (Fsp3) is 0.667. The lowest BCUT2D eigenvalue weighted by atomic mass is 9.81. The number of aliphatic imine (C=N–C) groups is 1. The molecular weight excluding hydrogens is 188 g/mol. The molecule has 1 N–H and O–H groups in total. The quantitative estimate of drug-likeness (QED) is 0.714. The van der Waals surface area contributed by atoms with Gasteiger partial charge in [-0.25, -0.2) is 0 Å². The normalized spacial score (nSPS) is 28.3. The summed E-state index contributed by atoms with van der Waals surface area (Å²) < 4.78 is 0. The van der Waals surface area contributed by atoms with Gasteiger partial charge in [0.05, 0.1) is 11.8 Å². The van der Waals surface area contributed by atoms with Crippen LogP contribution in [0.25, 0.3) is 0 Å². The molecule has 0 amide bonds. The Labute approximate surface area is 90.7 Å². The summed E-state index contributed by atoms with van der Waals surface area (Å²) in [5.74, 6) is 0. The van der Waals surface area contributed by atoms with Crippen molar-refractivity contribution in [2.75, 3.05) is 6.54 Å². The van der Waals surface area contributed by atoms with Crippen molar-refractivity contribution in [2.45, 2.75) is 39.2 Å². The summed E-state index contributed by atoms with van der Waals surface area (Å²) in [6, 6.07) is 0.259. The van der Waals surface area contributed by atoms with Crippen molar-refractivity contribution in [3.05, 3.63) is 11.8 Å². The molecule has 0 spiro atoms. The Morgan fingerprint density at radius 1 is 1.67 bits per heavy atom. The molecular formula is C12H18N2O. The van der Waals surface area contributed by atoms with Gasteiger partial charge in [0.15, 0.2) is 6.29 Å². The molecule has 2 rings (SSSR count). The summed E-state index contributed by atoms with van der Waals surface area (Å²) in [6.07, 6.45) is 6.02. The average molecular weight is 206 g/mol. The van der Waals surface area contributed by atoms with E-state index in [1.165, 1.54) is 5.70 Å². The van der Waals surface area contributed by atoms with Gasteiger partial charge in [-0.2, -0.15) is 0 Å². The molecule has 1 atom stereocenters. The maximum atomic E-state index is 10.7. The number of carbonyl (C=O) groups excluding carboxylic acids is 1. The van der Waals surface area contributed by atoms with Crippen molar-refractivity contribution in [1.82, 2.24) is 5.32 Å². The number of hydrogen-bond donors (Lipinski definition) is 1. The predicted octanol–water partition coefficient (Wildman–Crippen LogP) is 1.69. The molecule has 0 aliphatic carbocycles. The number of carbonyl (C=O) groups is 1. The maximum absolute atomic E-state index is 10.7. The van der Waals surface area contributed by atoms with Crippen LogP contribution in [-0.2, 0) is 4.79 Å². The van der Waals surface area contributed by atoms with Gasteiger partial charge < -0.3 is 5.32 Å². The Kier molecular flexibility index (Phi) is 2.63. The second-order valence-electron chi connectivity index (χ2n) is 5.07. The van der Waals surface area contributed by atoms with Gasteiger partial charge in [0, 0.05) is 18.7 Å². The van der Waals surface area contributed by atoms with Crippen LogP contribution in [0.2, 0.25) is 0 Å². The number of hydrogen-bond acceptors (Lipinski definition) is 3. The van der Waals surface area contributed by atoms with Gasteiger partial charge in [0.2, 0.25) is 0 Å². The first kappa shape index (κ1) is 10.4. The van der Waals surface area contributed by atoms with E-state index in [9.17, 15) is 4.79 Å². The molecule has 0 saturated heterocycles. The van der Waals surface area contributed by atoms with Crippen molar-refractivity contribution in [2.24, 2.45) is 10.4 Å². The minimum Gasteiger partial charge on any atom is -0.388 e. The third kappa shape index (κ3) is 2.11. The summed E-state index contributed by atoms with van der Waals surface area (Å²) in [6.45, 7) is 5.42. The van der Waals surface area contributed by atoms with E-state index in [0.717, 1.165) is 37.8 Å². The van der Waals surface area contributed by atoms with Crippen LogP contribution in [0, 0.1) is 5.41 Å². The SMILES string of the molecule is CC1(C)CC(C=O)=NC1CC1=CCCN1. The first-order chi connectivity index (χ1) is 7.12. The molecule has 0 aromatic rings. The molecule has 0 fully saturated rings. The third-order valence-corrected chi connectivity index (χ3v) is 3.30.